The lowest BCUT2D eigenvalue weighted by Crippen LogP contribution is -2.51. The molecule has 2 atom stereocenters. The molecule has 0 aliphatic carbocycles. The van der Waals surface area contributed by atoms with Crippen molar-refractivity contribution < 1.29 is 27.8 Å². The maximum Gasteiger partial charge on any atom is 0.322 e. The zero-order valence-electron chi connectivity index (χ0n) is 23.0. The van der Waals surface area contributed by atoms with E-state index in [1.807, 2.05) is 43.3 Å². The summed E-state index contributed by atoms with van der Waals surface area (Å²) in [4.78, 5) is 17.2. The summed E-state index contributed by atoms with van der Waals surface area (Å²) in [5, 5.41) is 13.2. The molecule has 0 bridgehead atoms. The Morgan fingerprint density at radius 2 is 1.63 bits per heavy atom. The second-order valence-corrected chi connectivity index (χ2v) is 10.9. The van der Waals surface area contributed by atoms with E-state index in [0.717, 1.165) is 43.6 Å². The third kappa shape index (κ3) is 9.61. The maximum atomic E-state index is 13.3. The first-order chi connectivity index (χ1) is 19.8. The van der Waals surface area contributed by atoms with E-state index in [2.05, 4.69) is 14.9 Å². The van der Waals surface area contributed by atoms with Crippen molar-refractivity contribution in [2.24, 2.45) is 0 Å². The molecule has 1 heterocycles. The highest BCUT2D eigenvalue weighted by Crippen LogP contribution is 2.24. The molecule has 0 aromatic heterocycles. The third-order valence-corrected chi connectivity index (χ3v) is 7.50. The Morgan fingerprint density at radius 3 is 2.20 bits per heavy atom. The van der Waals surface area contributed by atoms with E-state index in [-0.39, 0.29) is 31.0 Å². The van der Waals surface area contributed by atoms with Gasteiger partial charge in [0.2, 0.25) is 0 Å². The zero-order chi connectivity index (χ0) is 29.2. The number of aliphatic hydroxyl groups excluding tert-OH is 1. The number of urea groups is 1. The summed E-state index contributed by atoms with van der Waals surface area (Å²) in [5.74, 6) is 0.998. The second kappa shape index (κ2) is 15.0. The normalized spacial score (nSPS) is 15.7. The van der Waals surface area contributed by atoms with Crippen LogP contribution in [0.3, 0.4) is 0 Å². The first-order valence-corrected chi connectivity index (χ1v) is 14.8. The average molecular weight is 584 g/mol. The molecule has 1 fully saturated rings. The van der Waals surface area contributed by atoms with Gasteiger partial charge in [-0.25, -0.2) is 13.9 Å². The fraction of sp³-hybridized carbons (Fsp3) is 0.367. The molecule has 2 amide bonds. The monoisotopic (exact) mass is 583 g/mol. The molecule has 3 aromatic carbocycles. The van der Waals surface area contributed by atoms with Crippen LogP contribution in [0.15, 0.2) is 72.8 Å². The number of hydrogen-bond donors (Lipinski definition) is 3. The predicted molar refractivity (Wildman–Crippen MR) is 155 cm³/mol. The first-order valence-electron chi connectivity index (χ1n) is 13.7. The number of ether oxygens (including phenoxy) is 1. The summed E-state index contributed by atoms with van der Waals surface area (Å²) in [5.41, 5.74) is 2.50. The molecule has 9 nitrogen and oxygen atoms in total. The van der Waals surface area contributed by atoms with E-state index in [9.17, 15) is 23.1 Å². The van der Waals surface area contributed by atoms with Crippen LogP contribution in [-0.2, 0) is 24.4 Å². The van der Waals surface area contributed by atoms with Crippen molar-refractivity contribution >= 4 is 23.0 Å². The highest BCUT2D eigenvalue weighted by atomic mass is 32.2. The van der Waals surface area contributed by atoms with Crippen LogP contribution in [0, 0.1) is 5.82 Å². The van der Waals surface area contributed by atoms with Gasteiger partial charge in [-0.05, 0) is 78.9 Å². The van der Waals surface area contributed by atoms with Crippen molar-refractivity contribution in [2.45, 2.75) is 51.4 Å². The van der Waals surface area contributed by atoms with Gasteiger partial charge in [0.15, 0.2) is 0 Å². The molecule has 3 N–H and O–H groups in total. The summed E-state index contributed by atoms with van der Waals surface area (Å²) in [6, 6.07) is 20.5. The predicted octanol–water partition coefficient (Wildman–Crippen LogP) is 4.77. The third-order valence-electron chi connectivity index (χ3n) is 7.12. The molecule has 1 aliphatic rings. The molecule has 11 heteroatoms. The fourth-order valence-corrected chi connectivity index (χ4v) is 5.03. The van der Waals surface area contributed by atoms with Crippen molar-refractivity contribution in [2.75, 3.05) is 25.0 Å². The molecular formula is C30H36FN4O5S-. The molecule has 0 spiro atoms. The Morgan fingerprint density at radius 1 is 1.05 bits per heavy atom. The van der Waals surface area contributed by atoms with Gasteiger partial charge in [0.05, 0.1) is 6.10 Å². The number of carbonyl (C=O) groups is 1. The topological polar surface area (TPSA) is 117 Å². The Bertz CT molecular complexity index is 1270. The number of hydrogen-bond acceptors (Lipinski definition) is 6. The van der Waals surface area contributed by atoms with Crippen molar-refractivity contribution in [1.29, 1.82) is 0 Å². The summed E-state index contributed by atoms with van der Waals surface area (Å²) in [7, 11) is 0. The van der Waals surface area contributed by atoms with Gasteiger partial charge in [0, 0.05) is 55.7 Å². The van der Waals surface area contributed by atoms with Crippen LogP contribution in [0.5, 0.6) is 11.5 Å². The van der Waals surface area contributed by atoms with Gasteiger partial charge in [0.1, 0.15) is 17.3 Å². The number of amides is 2. The fourth-order valence-electron chi connectivity index (χ4n) is 4.75. The molecule has 0 saturated carbocycles. The van der Waals surface area contributed by atoms with Crippen molar-refractivity contribution in [3.63, 3.8) is 0 Å². The molecule has 2 unspecified atom stereocenters. The molecule has 0 radical (unpaired) electrons. The van der Waals surface area contributed by atoms with Crippen molar-refractivity contribution in [3.05, 3.63) is 89.7 Å². The van der Waals surface area contributed by atoms with Crippen molar-refractivity contribution in [1.82, 2.24) is 14.5 Å². The number of aliphatic hydroxyl groups is 1. The lowest BCUT2D eigenvalue weighted by Gasteiger charge is -2.39. The SMILES string of the molecule is CCC(O)CN(C(=O)Nc1ccc(F)cc1)C1CCN(Cc2ccc(Oc3ccc(CNS(=O)[O-])cc3)cc2)CC1. The number of benzene rings is 3. The van der Waals surface area contributed by atoms with E-state index in [4.69, 9.17) is 4.74 Å². The number of nitrogens with one attached hydrogen (secondary N) is 2. The number of anilines is 1. The molecular weight excluding hydrogens is 547 g/mol. The Hall–Kier alpha value is -3.35. The summed E-state index contributed by atoms with van der Waals surface area (Å²) < 4.78 is 42.8. The molecule has 1 saturated heterocycles. The molecule has 220 valence electrons. The second-order valence-electron chi connectivity index (χ2n) is 10.1. The maximum absolute atomic E-state index is 13.3. The van der Waals surface area contributed by atoms with Gasteiger partial charge < -0.3 is 24.6 Å². The Kier molecular flexibility index (Phi) is 11.2. The van der Waals surface area contributed by atoms with Gasteiger partial charge in [-0.15, -0.1) is 0 Å². The van der Waals surface area contributed by atoms with E-state index in [0.29, 0.717) is 23.6 Å². The number of halogens is 1. The largest absolute Gasteiger partial charge is 0.760 e. The van der Waals surface area contributed by atoms with Crippen LogP contribution in [0.2, 0.25) is 0 Å². The lowest BCUT2D eigenvalue weighted by atomic mass is 10.0. The zero-order valence-corrected chi connectivity index (χ0v) is 23.8. The van der Waals surface area contributed by atoms with E-state index in [1.165, 1.54) is 24.3 Å². The number of piperidine rings is 1. The molecule has 41 heavy (non-hydrogen) atoms. The van der Waals surface area contributed by atoms with Crippen LogP contribution in [0.1, 0.15) is 37.3 Å². The van der Waals surface area contributed by atoms with Gasteiger partial charge in [-0.3, -0.25) is 9.11 Å². The Balaban J connectivity index is 1.28. The number of nitrogens with zero attached hydrogens (tertiary/aromatic N) is 2. The Labute approximate surface area is 242 Å². The van der Waals surface area contributed by atoms with Crippen LogP contribution in [0.4, 0.5) is 14.9 Å². The van der Waals surface area contributed by atoms with Crippen LogP contribution >= 0.6 is 0 Å². The molecule has 4 rings (SSSR count). The van der Waals surface area contributed by atoms with E-state index in [1.54, 1.807) is 17.0 Å². The summed E-state index contributed by atoms with van der Waals surface area (Å²) in [6.45, 7) is 4.76. The summed E-state index contributed by atoms with van der Waals surface area (Å²) >= 11 is -2.30. The van der Waals surface area contributed by atoms with Gasteiger partial charge in [0.25, 0.3) is 0 Å². The lowest BCUT2D eigenvalue weighted by molar-refractivity contribution is 0.0766. The average Bonchev–Trinajstić information content (AvgIpc) is 2.98. The summed E-state index contributed by atoms with van der Waals surface area (Å²) in [6.07, 6.45) is 1.50. The van der Waals surface area contributed by atoms with Crippen LogP contribution in [-0.4, -0.2) is 61.5 Å². The number of likely N-dealkylation sites (tertiary alicyclic amines) is 1. The highest BCUT2D eigenvalue weighted by molar-refractivity contribution is 7.77. The minimum absolute atomic E-state index is 0.00620. The molecule has 3 aromatic rings. The van der Waals surface area contributed by atoms with Crippen LogP contribution < -0.4 is 14.8 Å². The smallest absolute Gasteiger partial charge is 0.322 e. The quantitative estimate of drug-likeness (QED) is 0.265. The van der Waals surface area contributed by atoms with Gasteiger partial charge >= 0.3 is 6.03 Å². The van der Waals surface area contributed by atoms with Gasteiger partial charge in [-0.2, -0.15) is 0 Å². The minimum Gasteiger partial charge on any atom is -0.760 e. The van der Waals surface area contributed by atoms with Gasteiger partial charge in [-0.1, -0.05) is 31.2 Å². The van der Waals surface area contributed by atoms with E-state index >= 15 is 0 Å². The van der Waals surface area contributed by atoms with Crippen molar-refractivity contribution in [3.8, 4) is 11.5 Å². The minimum atomic E-state index is -2.30. The highest BCUT2D eigenvalue weighted by Gasteiger charge is 2.29. The number of rotatable bonds is 12. The standard InChI is InChI=1S/C30H37FN4O5S/c1-2-27(36)21-35(30(37)33-25-9-7-24(31)8-10-25)26-15-17-34(18-16-26)20-23-5-13-29(14-6-23)40-28-11-3-22(4-12-28)19-32-41(38)39/h3-14,26-27,32,36H,2,15-21H2,1H3,(H,33,37)(H,38,39)/p-1. The number of carbonyl (C=O) groups excluding carboxylic acids is 1. The van der Waals surface area contributed by atoms with E-state index < -0.39 is 17.4 Å². The first kappa shape index (κ1) is 30.6. The molecule has 1 aliphatic heterocycles. The van der Waals surface area contributed by atoms with Crippen LogP contribution in [0.25, 0.3) is 0 Å².